The van der Waals surface area contributed by atoms with Gasteiger partial charge in [0.15, 0.2) is 10.8 Å². The maximum Gasteiger partial charge on any atom is 0.262 e. The van der Waals surface area contributed by atoms with E-state index < -0.39 is 10.0 Å². The highest BCUT2D eigenvalue weighted by molar-refractivity contribution is 7.89. The van der Waals surface area contributed by atoms with Crippen LogP contribution in [0, 0.1) is 0 Å². The number of hydrogen-bond donors (Lipinski definition) is 1. The van der Waals surface area contributed by atoms with Gasteiger partial charge in [-0.05, 0) is 0 Å². The lowest BCUT2D eigenvalue weighted by Gasteiger charge is -2.33. The zero-order valence-electron chi connectivity index (χ0n) is 12.0. The first-order chi connectivity index (χ1) is 9.87. The van der Waals surface area contributed by atoms with E-state index in [9.17, 15) is 13.2 Å². The van der Waals surface area contributed by atoms with Crippen LogP contribution in [0.4, 0.5) is 5.82 Å². The number of methoxy groups -OCH3 is 1. The molecule has 0 radical (unpaired) electrons. The molecule has 2 heterocycles. The van der Waals surface area contributed by atoms with E-state index >= 15 is 0 Å². The summed E-state index contributed by atoms with van der Waals surface area (Å²) in [6, 6.07) is 0. The highest BCUT2D eigenvalue weighted by Gasteiger charge is 2.33. The lowest BCUT2D eigenvalue weighted by Crippen LogP contribution is -2.51. The van der Waals surface area contributed by atoms with Crippen LogP contribution in [0.15, 0.2) is 11.4 Å². The Balaban J connectivity index is 2.10. The van der Waals surface area contributed by atoms with Crippen LogP contribution in [-0.2, 0) is 26.6 Å². The number of anilines is 1. The molecule has 10 heteroatoms. The van der Waals surface area contributed by atoms with Crippen molar-refractivity contribution < 1.29 is 17.9 Å². The summed E-state index contributed by atoms with van der Waals surface area (Å²) >= 11 is 0. The summed E-state index contributed by atoms with van der Waals surface area (Å²) in [7, 11) is -0.676. The lowest BCUT2D eigenvalue weighted by atomic mass is 10.3. The lowest BCUT2D eigenvalue weighted by molar-refractivity contribution is -0.136. The molecule has 1 aliphatic rings. The molecule has 9 nitrogen and oxygen atoms in total. The van der Waals surface area contributed by atoms with Crippen LogP contribution in [0.25, 0.3) is 0 Å². The number of carbonyl (C=O) groups excluding carboxylic acids is 1. The first-order valence-corrected chi connectivity index (χ1v) is 7.85. The summed E-state index contributed by atoms with van der Waals surface area (Å²) in [5, 5.41) is -0.0147. The van der Waals surface area contributed by atoms with Gasteiger partial charge in [-0.15, -0.1) is 0 Å². The monoisotopic (exact) mass is 317 g/mol. The van der Waals surface area contributed by atoms with Crippen molar-refractivity contribution in [3.63, 3.8) is 0 Å². The maximum absolute atomic E-state index is 12.5. The number of nitrogen functional groups attached to an aromatic ring is 1. The molecule has 2 rings (SSSR count). The second-order valence-electron chi connectivity index (χ2n) is 4.76. The molecule has 2 N–H and O–H groups in total. The summed E-state index contributed by atoms with van der Waals surface area (Å²) in [6.45, 7) is 1.12. The van der Waals surface area contributed by atoms with Crippen LogP contribution in [0.1, 0.15) is 0 Å². The van der Waals surface area contributed by atoms with Gasteiger partial charge in [-0.1, -0.05) is 0 Å². The van der Waals surface area contributed by atoms with Gasteiger partial charge in [0.25, 0.3) is 10.0 Å². The minimum absolute atomic E-state index is 0.00142. The molecule has 1 saturated heterocycles. The van der Waals surface area contributed by atoms with Gasteiger partial charge in [0.2, 0.25) is 5.91 Å². The molecule has 0 atom stereocenters. The minimum Gasteiger partial charge on any atom is -0.381 e. The van der Waals surface area contributed by atoms with Crippen LogP contribution in [0.5, 0.6) is 0 Å². The summed E-state index contributed by atoms with van der Waals surface area (Å²) in [5.41, 5.74) is 5.63. The molecule has 0 saturated carbocycles. The van der Waals surface area contributed by atoms with E-state index in [-0.39, 0.29) is 36.4 Å². The van der Waals surface area contributed by atoms with Crippen molar-refractivity contribution in [2.75, 3.05) is 45.6 Å². The molecule has 1 aromatic rings. The number of sulfonamides is 1. The van der Waals surface area contributed by atoms with Crippen LogP contribution >= 0.6 is 0 Å². The number of ether oxygens (including phenoxy) is 1. The highest BCUT2D eigenvalue weighted by atomic mass is 32.2. The molecule has 0 spiro atoms. The number of imidazole rings is 1. The van der Waals surface area contributed by atoms with E-state index in [1.54, 1.807) is 11.9 Å². The largest absolute Gasteiger partial charge is 0.381 e. The van der Waals surface area contributed by atoms with E-state index in [1.807, 2.05) is 0 Å². The normalized spacial score (nSPS) is 17.1. The molecule has 0 bridgehead atoms. The highest BCUT2D eigenvalue weighted by Crippen LogP contribution is 2.21. The van der Waals surface area contributed by atoms with Crippen molar-refractivity contribution in [2.45, 2.75) is 5.03 Å². The Hall–Kier alpha value is -1.65. The van der Waals surface area contributed by atoms with E-state index in [4.69, 9.17) is 10.5 Å². The third-order valence-corrected chi connectivity index (χ3v) is 5.38. The zero-order chi connectivity index (χ0) is 15.6. The number of amides is 1. The Labute approximate surface area is 123 Å². The quantitative estimate of drug-likeness (QED) is 0.722. The van der Waals surface area contributed by atoms with Crippen LogP contribution in [-0.4, -0.2) is 73.0 Å². The Bertz CT molecular complexity index is 599. The van der Waals surface area contributed by atoms with Crippen LogP contribution < -0.4 is 5.73 Å². The third-order valence-electron chi connectivity index (χ3n) is 3.35. The van der Waals surface area contributed by atoms with Gasteiger partial charge >= 0.3 is 0 Å². The van der Waals surface area contributed by atoms with Crippen molar-refractivity contribution in [2.24, 2.45) is 7.05 Å². The molecule has 1 fully saturated rings. The number of hydrogen-bond acceptors (Lipinski definition) is 6. The average molecular weight is 317 g/mol. The molecule has 118 valence electrons. The Morgan fingerprint density at radius 3 is 2.48 bits per heavy atom. The number of aryl methyl sites for hydroxylation is 1. The maximum atomic E-state index is 12.5. The molecule has 0 aliphatic carbocycles. The molecule has 1 aromatic heterocycles. The Kier molecular flexibility index (Phi) is 4.49. The zero-order valence-corrected chi connectivity index (χ0v) is 12.8. The number of nitrogens with zero attached hydrogens (tertiary/aromatic N) is 4. The number of piperazine rings is 1. The summed E-state index contributed by atoms with van der Waals surface area (Å²) in [6.07, 6.45) is 1.36. The van der Waals surface area contributed by atoms with Gasteiger partial charge in [-0.25, -0.2) is 13.4 Å². The molecule has 0 aromatic carbocycles. The first-order valence-electron chi connectivity index (χ1n) is 6.41. The first kappa shape index (κ1) is 15.7. The number of carbonyl (C=O) groups is 1. The summed E-state index contributed by atoms with van der Waals surface area (Å²) in [5.74, 6) is -0.162. The van der Waals surface area contributed by atoms with Gasteiger partial charge in [0.05, 0.1) is 6.33 Å². The predicted molar refractivity (Wildman–Crippen MR) is 74.8 cm³/mol. The number of rotatable bonds is 4. The van der Waals surface area contributed by atoms with Crippen LogP contribution in [0.3, 0.4) is 0 Å². The topological polar surface area (TPSA) is 111 Å². The molecule has 1 amide bonds. The molecule has 0 unspecified atom stereocenters. The number of nitrogens with two attached hydrogens (primary N) is 1. The molecular weight excluding hydrogens is 298 g/mol. The summed E-state index contributed by atoms with van der Waals surface area (Å²) < 4.78 is 32.6. The van der Waals surface area contributed by atoms with Gasteiger partial charge in [0, 0.05) is 40.3 Å². The second kappa shape index (κ2) is 6.00. The van der Waals surface area contributed by atoms with Crippen molar-refractivity contribution in [3.05, 3.63) is 6.33 Å². The van der Waals surface area contributed by atoms with Crippen molar-refractivity contribution in [1.82, 2.24) is 18.8 Å². The average Bonchev–Trinajstić information content (AvgIpc) is 2.79. The smallest absolute Gasteiger partial charge is 0.262 e. The second-order valence-corrected chi connectivity index (χ2v) is 6.62. The third kappa shape index (κ3) is 3.01. The fourth-order valence-corrected chi connectivity index (χ4v) is 3.88. The predicted octanol–water partition coefficient (Wildman–Crippen LogP) is -1.52. The summed E-state index contributed by atoms with van der Waals surface area (Å²) in [4.78, 5) is 17.1. The van der Waals surface area contributed by atoms with Crippen molar-refractivity contribution in [3.8, 4) is 0 Å². The van der Waals surface area contributed by atoms with E-state index in [2.05, 4.69) is 4.98 Å². The SMILES string of the molecule is COCC(=O)N1CCN(S(=O)(=O)c2c(N)ncn2C)CC1. The van der Waals surface area contributed by atoms with E-state index in [0.717, 1.165) is 0 Å². The molecule has 21 heavy (non-hydrogen) atoms. The molecular formula is C11H19N5O4S. The minimum atomic E-state index is -3.70. The van der Waals surface area contributed by atoms with Gasteiger partial charge in [-0.3, -0.25) is 4.79 Å². The van der Waals surface area contributed by atoms with E-state index in [1.165, 1.54) is 22.3 Å². The molecule has 1 aliphatic heterocycles. The Morgan fingerprint density at radius 2 is 2.00 bits per heavy atom. The Morgan fingerprint density at radius 1 is 1.38 bits per heavy atom. The fourth-order valence-electron chi connectivity index (χ4n) is 2.27. The number of aromatic nitrogens is 2. The van der Waals surface area contributed by atoms with Crippen molar-refractivity contribution in [1.29, 1.82) is 0 Å². The van der Waals surface area contributed by atoms with Gasteiger partial charge in [0.1, 0.15) is 6.61 Å². The van der Waals surface area contributed by atoms with Crippen LogP contribution in [0.2, 0.25) is 0 Å². The standard InChI is InChI=1S/C11H19N5O4S/c1-14-8-13-10(12)11(14)21(18,19)16-5-3-15(4-6-16)9(17)7-20-2/h8H,3-7,12H2,1-2H3. The van der Waals surface area contributed by atoms with Crippen molar-refractivity contribution >= 4 is 21.7 Å². The van der Waals surface area contributed by atoms with Gasteiger partial charge in [-0.2, -0.15) is 4.31 Å². The van der Waals surface area contributed by atoms with Gasteiger partial charge < -0.3 is 19.9 Å². The van der Waals surface area contributed by atoms with E-state index in [0.29, 0.717) is 13.1 Å². The fraction of sp³-hybridized carbons (Fsp3) is 0.636.